The zero-order valence-corrected chi connectivity index (χ0v) is 10.5. The summed E-state index contributed by atoms with van der Waals surface area (Å²) in [4.78, 5) is 1.97. The lowest BCUT2D eigenvalue weighted by Gasteiger charge is -2.25. The lowest BCUT2D eigenvalue weighted by molar-refractivity contribution is 0.105. The molecule has 0 aromatic heterocycles. The number of hydrogen-bond acceptors (Lipinski definition) is 3. The number of halogens is 1. The first kappa shape index (κ1) is 13.5. The fourth-order valence-electron chi connectivity index (χ4n) is 2.61. The molecular formula is C14H21FN2O. The predicted octanol–water partition coefficient (Wildman–Crippen LogP) is 0.961. The van der Waals surface area contributed by atoms with Gasteiger partial charge in [0.2, 0.25) is 0 Å². The van der Waals surface area contributed by atoms with E-state index in [4.69, 9.17) is 5.73 Å². The largest absolute Gasteiger partial charge is 0.391 e. The average molecular weight is 252 g/mol. The van der Waals surface area contributed by atoms with Crippen LogP contribution in [0.2, 0.25) is 0 Å². The molecule has 0 saturated carbocycles. The molecule has 0 amide bonds. The van der Waals surface area contributed by atoms with Crippen molar-refractivity contribution in [2.45, 2.75) is 31.2 Å². The first-order chi connectivity index (χ1) is 8.69. The van der Waals surface area contributed by atoms with E-state index in [2.05, 4.69) is 0 Å². The Labute approximate surface area is 107 Å². The van der Waals surface area contributed by atoms with Gasteiger partial charge in [0.1, 0.15) is 6.17 Å². The van der Waals surface area contributed by atoms with Gasteiger partial charge in [0.05, 0.1) is 6.10 Å². The summed E-state index contributed by atoms with van der Waals surface area (Å²) >= 11 is 0. The van der Waals surface area contributed by atoms with Gasteiger partial charge in [-0.1, -0.05) is 30.3 Å². The Hall–Kier alpha value is -0.970. The van der Waals surface area contributed by atoms with Gasteiger partial charge in [0.15, 0.2) is 0 Å². The van der Waals surface area contributed by atoms with Crippen molar-refractivity contribution in [3.63, 3.8) is 0 Å². The second-order valence-corrected chi connectivity index (χ2v) is 5.02. The van der Waals surface area contributed by atoms with Crippen LogP contribution in [-0.4, -0.2) is 48.0 Å². The quantitative estimate of drug-likeness (QED) is 0.820. The Morgan fingerprint density at radius 1 is 1.39 bits per heavy atom. The molecule has 100 valence electrons. The molecule has 0 spiro atoms. The van der Waals surface area contributed by atoms with E-state index in [1.807, 2.05) is 35.2 Å². The third-order valence-corrected chi connectivity index (χ3v) is 3.51. The first-order valence-electron chi connectivity index (χ1n) is 6.49. The van der Waals surface area contributed by atoms with Gasteiger partial charge in [-0.2, -0.15) is 0 Å². The maximum Gasteiger partial charge on any atom is 0.114 e. The normalized spacial score (nSPS) is 26.4. The molecule has 0 aliphatic carbocycles. The van der Waals surface area contributed by atoms with Crippen LogP contribution in [0.3, 0.4) is 0 Å². The number of nitrogens with two attached hydrogens (primary N) is 1. The smallest absolute Gasteiger partial charge is 0.114 e. The number of rotatable bonds is 5. The fraction of sp³-hybridized carbons (Fsp3) is 0.571. The van der Waals surface area contributed by atoms with Gasteiger partial charge in [-0.15, -0.1) is 0 Å². The zero-order valence-electron chi connectivity index (χ0n) is 10.5. The van der Waals surface area contributed by atoms with Crippen molar-refractivity contribution in [1.82, 2.24) is 4.90 Å². The van der Waals surface area contributed by atoms with Gasteiger partial charge in [0.25, 0.3) is 0 Å². The lowest BCUT2D eigenvalue weighted by atomic mass is 10.1. The number of nitrogens with zero attached hydrogens (tertiary/aromatic N) is 1. The molecule has 1 fully saturated rings. The number of aliphatic hydroxyl groups is 1. The summed E-state index contributed by atoms with van der Waals surface area (Å²) < 4.78 is 13.3. The Bertz CT molecular complexity index is 360. The maximum atomic E-state index is 13.3. The van der Waals surface area contributed by atoms with Crippen molar-refractivity contribution >= 4 is 0 Å². The lowest BCUT2D eigenvalue weighted by Crippen LogP contribution is -2.40. The third kappa shape index (κ3) is 3.51. The minimum Gasteiger partial charge on any atom is -0.391 e. The summed E-state index contributed by atoms with van der Waals surface area (Å²) in [6, 6.07) is 9.92. The second kappa shape index (κ2) is 6.27. The molecule has 1 aromatic carbocycles. The van der Waals surface area contributed by atoms with Crippen molar-refractivity contribution in [3.8, 4) is 0 Å². The fourth-order valence-corrected chi connectivity index (χ4v) is 2.61. The van der Waals surface area contributed by atoms with Crippen molar-refractivity contribution in [2.75, 3.05) is 19.6 Å². The molecule has 1 heterocycles. The van der Waals surface area contributed by atoms with Crippen LogP contribution < -0.4 is 5.73 Å². The van der Waals surface area contributed by atoms with Crippen molar-refractivity contribution in [1.29, 1.82) is 0 Å². The van der Waals surface area contributed by atoms with E-state index < -0.39 is 12.3 Å². The zero-order chi connectivity index (χ0) is 13.0. The Morgan fingerprint density at radius 3 is 2.78 bits per heavy atom. The molecular weight excluding hydrogens is 231 g/mol. The highest BCUT2D eigenvalue weighted by molar-refractivity contribution is 5.15. The van der Waals surface area contributed by atoms with Crippen LogP contribution in [0.25, 0.3) is 0 Å². The van der Waals surface area contributed by atoms with Crippen molar-refractivity contribution in [2.24, 2.45) is 5.73 Å². The SMILES string of the molecule is NC[C@@H]1C[C@H](F)CN1CC(O)Cc1ccccc1. The van der Waals surface area contributed by atoms with Crippen LogP contribution in [0.15, 0.2) is 30.3 Å². The van der Waals surface area contributed by atoms with Gasteiger partial charge in [-0.05, 0) is 18.4 Å². The molecule has 1 aliphatic rings. The number of β-amino-alcohol motifs (C(OH)–C–C–N with tert-alkyl or cyclic N) is 1. The Kier molecular flexibility index (Phi) is 4.69. The van der Waals surface area contributed by atoms with E-state index in [0.29, 0.717) is 32.5 Å². The molecule has 1 unspecified atom stereocenters. The van der Waals surface area contributed by atoms with E-state index in [0.717, 1.165) is 5.56 Å². The second-order valence-electron chi connectivity index (χ2n) is 5.02. The standard InChI is InChI=1S/C14H21FN2O/c15-12-7-13(8-16)17(9-12)10-14(18)6-11-4-2-1-3-5-11/h1-5,12-14,18H,6-10,16H2/t12-,13-,14?/m0/s1. The minimum absolute atomic E-state index is 0.0745. The summed E-state index contributed by atoms with van der Waals surface area (Å²) in [5.41, 5.74) is 6.73. The Morgan fingerprint density at radius 2 is 2.11 bits per heavy atom. The highest BCUT2D eigenvalue weighted by Crippen LogP contribution is 2.20. The van der Waals surface area contributed by atoms with E-state index in [1.54, 1.807) is 0 Å². The highest BCUT2D eigenvalue weighted by atomic mass is 19.1. The van der Waals surface area contributed by atoms with Gasteiger partial charge in [0, 0.05) is 25.7 Å². The number of likely N-dealkylation sites (tertiary alicyclic amines) is 1. The maximum absolute atomic E-state index is 13.3. The van der Waals surface area contributed by atoms with Crippen LogP contribution in [0.1, 0.15) is 12.0 Å². The number of benzene rings is 1. The topological polar surface area (TPSA) is 49.5 Å². The monoisotopic (exact) mass is 252 g/mol. The van der Waals surface area contributed by atoms with Gasteiger partial charge in [-0.3, -0.25) is 4.90 Å². The number of alkyl halides is 1. The van der Waals surface area contributed by atoms with Gasteiger partial charge in [-0.25, -0.2) is 4.39 Å². The summed E-state index contributed by atoms with van der Waals surface area (Å²) in [6.45, 7) is 1.35. The number of aliphatic hydroxyl groups excluding tert-OH is 1. The number of hydrogen-bond donors (Lipinski definition) is 2. The van der Waals surface area contributed by atoms with E-state index in [1.165, 1.54) is 0 Å². The van der Waals surface area contributed by atoms with E-state index in [9.17, 15) is 9.50 Å². The van der Waals surface area contributed by atoms with Crippen molar-refractivity contribution in [3.05, 3.63) is 35.9 Å². The molecule has 1 aromatic rings. The van der Waals surface area contributed by atoms with Crippen LogP contribution in [0, 0.1) is 0 Å². The Balaban J connectivity index is 1.85. The molecule has 1 saturated heterocycles. The molecule has 18 heavy (non-hydrogen) atoms. The summed E-state index contributed by atoms with van der Waals surface area (Å²) in [5, 5.41) is 10.1. The summed E-state index contributed by atoms with van der Waals surface area (Å²) in [5.74, 6) is 0. The molecule has 4 heteroatoms. The van der Waals surface area contributed by atoms with Crippen LogP contribution >= 0.6 is 0 Å². The summed E-state index contributed by atoms with van der Waals surface area (Å²) in [7, 11) is 0. The average Bonchev–Trinajstić information content (AvgIpc) is 2.70. The van der Waals surface area contributed by atoms with Gasteiger partial charge >= 0.3 is 0 Å². The van der Waals surface area contributed by atoms with Crippen LogP contribution in [0.4, 0.5) is 4.39 Å². The molecule has 3 atom stereocenters. The molecule has 1 aliphatic heterocycles. The van der Waals surface area contributed by atoms with Crippen molar-refractivity contribution < 1.29 is 9.50 Å². The van der Waals surface area contributed by atoms with Crippen LogP contribution in [-0.2, 0) is 6.42 Å². The summed E-state index contributed by atoms with van der Waals surface area (Å²) in [6.07, 6.45) is -0.172. The molecule has 0 bridgehead atoms. The van der Waals surface area contributed by atoms with E-state index >= 15 is 0 Å². The predicted molar refractivity (Wildman–Crippen MR) is 70.1 cm³/mol. The highest BCUT2D eigenvalue weighted by Gasteiger charge is 2.31. The van der Waals surface area contributed by atoms with Crippen LogP contribution in [0.5, 0.6) is 0 Å². The molecule has 3 N–H and O–H groups in total. The first-order valence-corrected chi connectivity index (χ1v) is 6.49. The third-order valence-electron chi connectivity index (χ3n) is 3.51. The van der Waals surface area contributed by atoms with Gasteiger partial charge < -0.3 is 10.8 Å². The van der Waals surface area contributed by atoms with E-state index in [-0.39, 0.29) is 6.04 Å². The molecule has 0 radical (unpaired) electrons. The molecule has 2 rings (SSSR count). The molecule has 3 nitrogen and oxygen atoms in total. The minimum atomic E-state index is -0.803.